The second-order valence-corrected chi connectivity index (χ2v) is 6.46. The highest BCUT2D eigenvalue weighted by atomic mass is 32.2. The first kappa shape index (κ1) is 14.5. The molecule has 7 heteroatoms. The zero-order chi connectivity index (χ0) is 14.8. The molecule has 6 nitrogen and oxygen atoms in total. The summed E-state index contributed by atoms with van der Waals surface area (Å²) in [6, 6.07) is 7.31. The molecule has 2 rings (SSSR count). The van der Waals surface area contributed by atoms with Crippen LogP contribution in [0.3, 0.4) is 0 Å². The van der Waals surface area contributed by atoms with Gasteiger partial charge in [0, 0.05) is 13.6 Å². The van der Waals surface area contributed by atoms with Gasteiger partial charge < -0.3 is 9.72 Å². The summed E-state index contributed by atoms with van der Waals surface area (Å²) in [5, 5.41) is 0.0976. The second kappa shape index (κ2) is 5.64. The van der Waals surface area contributed by atoms with Crippen LogP contribution in [0.25, 0.3) is 0 Å². The van der Waals surface area contributed by atoms with Crippen LogP contribution >= 0.6 is 0 Å². The average Bonchev–Trinajstić information content (AvgIpc) is 2.86. The minimum absolute atomic E-state index is 0.0976. The molecular weight excluding hydrogens is 278 g/mol. The third-order valence-corrected chi connectivity index (χ3v) is 4.62. The highest BCUT2D eigenvalue weighted by Crippen LogP contribution is 2.18. The van der Waals surface area contributed by atoms with Crippen molar-refractivity contribution >= 4 is 10.0 Å². The summed E-state index contributed by atoms with van der Waals surface area (Å²) in [6.07, 6.45) is 1.33. The predicted molar refractivity (Wildman–Crippen MR) is 75.0 cm³/mol. The quantitative estimate of drug-likeness (QED) is 0.908. The summed E-state index contributed by atoms with van der Waals surface area (Å²) in [6.45, 7) is 1.97. The van der Waals surface area contributed by atoms with Gasteiger partial charge in [0.05, 0.1) is 13.3 Å². The molecule has 20 heavy (non-hydrogen) atoms. The summed E-state index contributed by atoms with van der Waals surface area (Å²) < 4.78 is 31.1. The largest absolute Gasteiger partial charge is 0.497 e. The van der Waals surface area contributed by atoms with Gasteiger partial charge in [-0.25, -0.2) is 13.4 Å². The van der Waals surface area contributed by atoms with Crippen LogP contribution in [0.1, 0.15) is 11.4 Å². The Bertz CT molecular complexity index is 694. The zero-order valence-electron chi connectivity index (χ0n) is 11.6. The number of imidazole rings is 1. The van der Waals surface area contributed by atoms with E-state index in [0.29, 0.717) is 11.6 Å². The smallest absolute Gasteiger partial charge is 0.260 e. The van der Waals surface area contributed by atoms with Gasteiger partial charge in [0.25, 0.3) is 10.0 Å². The predicted octanol–water partition coefficient (Wildman–Crippen LogP) is 1.55. The van der Waals surface area contributed by atoms with Crippen LogP contribution in [0.5, 0.6) is 5.75 Å². The minimum Gasteiger partial charge on any atom is -0.497 e. The third-order valence-electron chi connectivity index (χ3n) is 2.91. The maximum absolute atomic E-state index is 12.3. The SMILES string of the molecule is COc1cccc(CN(C)S(=O)(=O)c2cnc(C)[nH]2)c1. The molecule has 0 aliphatic heterocycles. The number of aromatic amines is 1. The lowest BCUT2D eigenvalue weighted by Crippen LogP contribution is -2.26. The van der Waals surface area contributed by atoms with Gasteiger partial charge >= 0.3 is 0 Å². The van der Waals surface area contributed by atoms with E-state index in [9.17, 15) is 8.42 Å². The summed E-state index contributed by atoms with van der Waals surface area (Å²) in [7, 11) is -0.452. The van der Waals surface area contributed by atoms with Crippen molar-refractivity contribution < 1.29 is 13.2 Å². The number of benzene rings is 1. The Kier molecular flexibility index (Phi) is 4.10. The molecule has 1 aromatic carbocycles. The number of H-pyrrole nitrogens is 1. The molecule has 0 radical (unpaired) electrons. The fourth-order valence-electron chi connectivity index (χ4n) is 1.81. The number of nitrogens with zero attached hydrogens (tertiary/aromatic N) is 2. The molecule has 0 atom stereocenters. The number of aromatic nitrogens is 2. The van der Waals surface area contributed by atoms with Crippen molar-refractivity contribution in [2.24, 2.45) is 0 Å². The normalized spacial score (nSPS) is 11.8. The van der Waals surface area contributed by atoms with Crippen molar-refractivity contribution in [2.45, 2.75) is 18.5 Å². The molecule has 1 aromatic heterocycles. The Morgan fingerprint density at radius 3 is 2.75 bits per heavy atom. The van der Waals surface area contributed by atoms with Crippen LogP contribution in [0.2, 0.25) is 0 Å². The van der Waals surface area contributed by atoms with Crippen molar-refractivity contribution in [1.29, 1.82) is 0 Å². The molecular formula is C13H17N3O3S. The number of nitrogens with one attached hydrogen (secondary N) is 1. The van der Waals surface area contributed by atoms with Crippen LogP contribution in [-0.4, -0.2) is 36.8 Å². The van der Waals surface area contributed by atoms with Gasteiger partial charge in [-0.2, -0.15) is 4.31 Å². The topological polar surface area (TPSA) is 75.3 Å². The molecule has 0 aliphatic rings. The lowest BCUT2D eigenvalue weighted by Gasteiger charge is -2.16. The highest BCUT2D eigenvalue weighted by Gasteiger charge is 2.22. The van der Waals surface area contributed by atoms with E-state index < -0.39 is 10.0 Å². The Hall–Kier alpha value is -1.86. The Labute approximate surface area is 118 Å². The first-order valence-corrected chi connectivity index (χ1v) is 7.48. The number of methoxy groups -OCH3 is 1. The molecule has 0 unspecified atom stereocenters. The molecule has 108 valence electrons. The van der Waals surface area contributed by atoms with Gasteiger partial charge in [0.1, 0.15) is 11.6 Å². The Morgan fingerprint density at radius 1 is 1.40 bits per heavy atom. The highest BCUT2D eigenvalue weighted by molar-refractivity contribution is 7.89. The van der Waals surface area contributed by atoms with E-state index in [1.165, 1.54) is 17.5 Å². The van der Waals surface area contributed by atoms with Gasteiger partial charge in [-0.3, -0.25) is 0 Å². The molecule has 1 N–H and O–H groups in total. The maximum atomic E-state index is 12.3. The molecule has 0 saturated heterocycles. The Balaban J connectivity index is 2.20. The van der Waals surface area contributed by atoms with Crippen molar-refractivity contribution in [3.05, 3.63) is 41.9 Å². The summed E-state index contributed by atoms with van der Waals surface area (Å²) >= 11 is 0. The third kappa shape index (κ3) is 3.00. The molecule has 0 fully saturated rings. The number of sulfonamides is 1. The summed E-state index contributed by atoms with van der Waals surface area (Å²) in [5.74, 6) is 1.27. The number of rotatable bonds is 5. The van der Waals surface area contributed by atoms with Crippen molar-refractivity contribution in [3.63, 3.8) is 0 Å². The number of hydrogen-bond acceptors (Lipinski definition) is 4. The van der Waals surface area contributed by atoms with E-state index in [1.54, 1.807) is 14.0 Å². The lowest BCUT2D eigenvalue weighted by atomic mass is 10.2. The fourth-order valence-corrected chi connectivity index (χ4v) is 2.93. The molecule has 2 aromatic rings. The van der Waals surface area contributed by atoms with Gasteiger partial charge in [-0.1, -0.05) is 12.1 Å². The second-order valence-electron chi connectivity index (χ2n) is 4.45. The minimum atomic E-state index is -3.56. The van der Waals surface area contributed by atoms with Crippen LogP contribution in [0, 0.1) is 6.92 Å². The first-order valence-electron chi connectivity index (χ1n) is 6.04. The number of ether oxygens (including phenoxy) is 1. The van der Waals surface area contributed by atoms with E-state index in [0.717, 1.165) is 5.56 Å². The first-order chi connectivity index (χ1) is 9.43. The summed E-state index contributed by atoms with van der Waals surface area (Å²) in [4.78, 5) is 6.66. The van der Waals surface area contributed by atoms with Gasteiger partial charge in [0.15, 0.2) is 5.03 Å². The number of aryl methyl sites for hydroxylation is 1. The van der Waals surface area contributed by atoms with E-state index >= 15 is 0 Å². The fraction of sp³-hybridized carbons (Fsp3) is 0.308. The maximum Gasteiger partial charge on any atom is 0.260 e. The molecule has 1 heterocycles. The number of hydrogen-bond donors (Lipinski definition) is 1. The lowest BCUT2D eigenvalue weighted by molar-refractivity contribution is 0.412. The van der Waals surface area contributed by atoms with E-state index in [-0.39, 0.29) is 11.6 Å². The summed E-state index contributed by atoms with van der Waals surface area (Å²) in [5.41, 5.74) is 0.853. The standard InChI is InChI=1S/C13H17N3O3S/c1-10-14-8-13(15-10)20(17,18)16(2)9-11-5-4-6-12(7-11)19-3/h4-8H,9H2,1-3H3,(H,14,15). The van der Waals surface area contributed by atoms with Crippen LogP contribution in [0.4, 0.5) is 0 Å². The van der Waals surface area contributed by atoms with Crippen molar-refractivity contribution in [2.75, 3.05) is 14.2 Å². The van der Waals surface area contributed by atoms with Gasteiger partial charge in [0.2, 0.25) is 0 Å². The van der Waals surface area contributed by atoms with Crippen molar-refractivity contribution in [3.8, 4) is 5.75 Å². The monoisotopic (exact) mass is 295 g/mol. The van der Waals surface area contributed by atoms with Gasteiger partial charge in [-0.05, 0) is 24.6 Å². The van der Waals surface area contributed by atoms with E-state index in [4.69, 9.17) is 4.74 Å². The van der Waals surface area contributed by atoms with Crippen LogP contribution < -0.4 is 4.74 Å². The molecule has 0 aliphatic carbocycles. The molecule has 0 amide bonds. The molecule has 0 spiro atoms. The van der Waals surface area contributed by atoms with E-state index in [1.807, 2.05) is 24.3 Å². The van der Waals surface area contributed by atoms with Gasteiger partial charge in [-0.15, -0.1) is 0 Å². The molecule has 0 bridgehead atoms. The van der Waals surface area contributed by atoms with Crippen LogP contribution in [-0.2, 0) is 16.6 Å². The zero-order valence-corrected chi connectivity index (χ0v) is 12.4. The van der Waals surface area contributed by atoms with E-state index in [2.05, 4.69) is 9.97 Å². The molecule has 0 saturated carbocycles. The van der Waals surface area contributed by atoms with Crippen LogP contribution in [0.15, 0.2) is 35.5 Å². The average molecular weight is 295 g/mol. The van der Waals surface area contributed by atoms with Crippen molar-refractivity contribution in [1.82, 2.24) is 14.3 Å². The Morgan fingerprint density at radius 2 is 2.15 bits per heavy atom.